The fourth-order valence-corrected chi connectivity index (χ4v) is 1.33. The molecule has 0 saturated carbocycles. The number of pyridine rings is 1. The minimum absolute atomic E-state index is 0.0528. The summed E-state index contributed by atoms with van der Waals surface area (Å²) in [6, 6.07) is 1.67. The van der Waals surface area contributed by atoms with Gasteiger partial charge in [-0.3, -0.25) is 9.78 Å². The maximum atomic E-state index is 11.4. The predicted molar refractivity (Wildman–Crippen MR) is 53.2 cm³/mol. The Labute approximate surface area is 81.8 Å². The Bertz CT molecular complexity index is 479. The van der Waals surface area contributed by atoms with Crippen LogP contribution in [0.3, 0.4) is 0 Å². The topological polar surface area (TPSA) is 47.8 Å². The van der Waals surface area contributed by atoms with Crippen molar-refractivity contribution < 1.29 is 0 Å². The molecule has 4 nitrogen and oxygen atoms in total. The smallest absolute Gasteiger partial charge is 0.268 e. The maximum Gasteiger partial charge on any atom is 0.270 e. The molecule has 0 aliphatic rings. The molecule has 2 rings (SSSR count). The Kier molecular flexibility index (Phi) is 1.80. The van der Waals surface area contributed by atoms with Crippen LogP contribution in [0.1, 0.15) is 0 Å². The van der Waals surface area contributed by atoms with Crippen molar-refractivity contribution in [1.29, 1.82) is 0 Å². The molecule has 12 heavy (non-hydrogen) atoms. The highest BCUT2D eigenvalue weighted by Gasteiger charge is 1.99. The van der Waals surface area contributed by atoms with E-state index in [0.29, 0.717) is 10.9 Å². The van der Waals surface area contributed by atoms with Crippen LogP contribution in [-0.2, 0) is 0 Å². The van der Waals surface area contributed by atoms with Crippen molar-refractivity contribution in [3.05, 3.63) is 35.1 Å². The normalized spacial score (nSPS) is 10.4. The third-order valence-electron chi connectivity index (χ3n) is 1.52. The molecular formula is C7H4IN3O. The van der Waals surface area contributed by atoms with Crippen molar-refractivity contribution >= 4 is 33.8 Å². The second kappa shape index (κ2) is 2.81. The van der Waals surface area contributed by atoms with Gasteiger partial charge < -0.3 is 0 Å². The lowest BCUT2D eigenvalue weighted by atomic mass is 10.3. The van der Waals surface area contributed by atoms with E-state index in [0.717, 1.165) is 0 Å². The monoisotopic (exact) mass is 273 g/mol. The van der Waals surface area contributed by atoms with Gasteiger partial charge in [-0.2, -0.15) is 0 Å². The van der Waals surface area contributed by atoms with Gasteiger partial charge in [0.05, 0.1) is 40.0 Å². The summed E-state index contributed by atoms with van der Waals surface area (Å²) in [5.74, 6) is 0. The lowest BCUT2D eigenvalue weighted by Crippen LogP contribution is -2.12. The van der Waals surface area contributed by atoms with Crippen LogP contribution in [0.5, 0.6) is 0 Å². The Balaban J connectivity index is 3.01. The number of halogens is 1. The fraction of sp³-hybridized carbons (Fsp3) is 0. The van der Waals surface area contributed by atoms with E-state index in [1.807, 2.05) is 22.9 Å². The van der Waals surface area contributed by atoms with E-state index in [1.54, 1.807) is 18.5 Å². The van der Waals surface area contributed by atoms with E-state index in [1.165, 1.54) is 9.11 Å². The van der Waals surface area contributed by atoms with Gasteiger partial charge >= 0.3 is 0 Å². The molecule has 0 aliphatic heterocycles. The van der Waals surface area contributed by atoms with Gasteiger partial charge in [-0.15, -0.1) is 0 Å². The molecule has 0 amide bonds. The van der Waals surface area contributed by atoms with Gasteiger partial charge in [0.1, 0.15) is 6.33 Å². The maximum absolute atomic E-state index is 11.4. The van der Waals surface area contributed by atoms with Gasteiger partial charge in [-0.25, -0.2) is 7.76 Å². The van der Waals surface area contributed by atoms with Gasteiger partial charge in [-0.05, 0) is 6.07 Å². The molecule has 0 bridgehead atoms. The van der Waals surface area contributed by atoms with Crippen LogP contribution >= 0.6 is 22.9 Å². The first-order chi connectivity index (χ1) is 5.79. The lowest BCUT2D eigenvalue weighted by Gasteiger charge is -1.95. The first-order valence-corrected chi connectivity index (χ1v) is 4.23. The summed E-state index contributed by atoms with van der Waals surface area (Å²) in [5.41, 5.74) is 0.582. The molecule has 0 radical (unpaired) electrons. The van der Waals surface area contributed by atoms with Gasteiger partial charge in [0.25, 0.3) is 5.56 Å². The van der Waals surface area contributed by atoms with Crippen LogP contribution in [0.25, 0.3) is 10.9 Å². The Hall–Kier alpha value is -0.980. The Morgan fingerprint density at radius 1 is 1.50 bits per heavy atom. The van der Waals surface area contributed by atoms with Gasteiger partial charge in [0.2, 0.25) is 0 Å². The second-order valence-electron chi connectivity index (χ2n) is 2.25. The van der Waals surface area contributed by atoms with Crippen molar-refractivity contribution in [3.63, 3.8) is 0 Å². The molecule has 2 aromatic rings. The predicted octanol–water partition coefficient (Wildman–Crippen LogP) is 0.990. The molecule has 5 heteroatoms. The number of hydrogen-bond acceptors (Lipinski definition) is 3. The van der Waals surface area contributed by atoms with Crippen LogP contribution in [-0.4, -0.2) is 12.7 Å². The van der Waals surface area contributed by atoms with Crippen LogP contribution < -0.4 is 5.56 Å². The highest BCUT2D eigenvalue weighted by Crippen LogP contribution is 2.02. The van der Waals surface area contributed by atoms with E-state index in [2.05, 4.69) is 9.97 Å². The van der Waals surface area contributed by atoms with E-state index in [4.69, 9.17) is 0 Å². The van der Waals surface area contributed by atoms with E-state index >= 15 is 0 Å². The summed E-state index contributed by atoms with van der Waals surface area (Å²) in [5, 5.41) is 0.599. The van der Waals surface area contributed by atoms with Crippen molar-refractivity contribution in [2.45, 2.75) is 0 Å². The summed E-state index contributed by atoms with van der Waals surface area (Å²) >= 11 is 1.89. The number of nitrogens with zero attached hydrogens (tertiary/aromatic N) is 3. The zero-order valence-electron chi connectivity index (χ0n) is 5.94. The van der Waals surface area contributed by atoms with E-state index in [-0.39, 0.29) is 5.56 Å². The average molecular weight is 273 g/mol. The molecule has 0 N–H and O–H groups in total. The zero-order valence-corrected chi connectivity index (χ0v) is 8.09. The molecule has 2 heterocycles. The molecule has 0 atom stereocenters. The third-order valence-corrected chi connectivity index (χ3v) is 2.21. The number of hydrogen-bond donors (Lipinski definition) is 0. The summed E-state index contributed by atoms with van der Waals surface area (Å²) in [7, 11) is 0. The van der Waals surface area contributed by atoms with Gasteiger partial charge in [-0.1, -0.05) is 0 Å². The van der Waals surface area contributed by atoms with Crippen molar-refractivity contribution in [2.75, 3.05) is 0 Å². The molecule has 0 aromatic carbocycles. The lowest BCUT2D eigenvalue weighted by molar-refractivity contribution is 1.13. The number of fused-ring (bicyclic) bond motifs is 1. The fourth-order valence-electron chi connectivity index (χ4n) is 0.950. The first-order valence-electron chi connectivity index (χ1n) is 3.26. The molecule has 0 fully saturated rings. The molecule has 60 valence electrons. The molecule has 0 aliphatic carbocycles. The molecule has 2 aromatic heterocycles. The number of rotatable bonds is 0. The first kappa shape index (κ1) is 7.66. The van der Waals surface area contributed by atoms with E-state index < -0.39 is 0 Å². The molecular weight excluding hydrogens is 269 g/mol. The van der Waals surface area contributed by atoms with Crippen LogP contribution in [0.15, 0.2) is 29.6 Å². The van der Waals surface area contributed by atoms with Crippen LogP contribution in [0.2, 0.25) is 0 Å². The number of aromatic nitrogens is 3. The third kappa shape index (κ3) is 1.09. The summed E-state index contributed by atoms with van der Waals surface area (Å²) < 4.78 is 1.42. The average Bonchev–Trinajstić information content (AvgIpc) is 2.12. The minimum atomic E-state index is -0.0528. The van der Waals surface area contributed by atoms with Crippen LogP contribution in [0.4, 0.5) is 0 Å². The second-order valence-corrected chi connectivity index (χ2v) is 3.29. The van der Waals surface area contributed by atoms with Gasteiger partial charge in [0, 0.05) is 6.20 Å². The molecule has 0 unspecified atom stereocenters. The zero-order chi connectivity index (χ0) is 8.55. The SMILES string of the molecule is O=c1c2ccncc2ncn1I. The Morgan fingerprint density at radius 3 is 3.17 bits per heavy atom. The molecule has 0 spiro atoms. The van der Waals surface area contributed by atoms with Crippen molar-refractivity contribution in [3.8, 4) is 0 Å². The molecule has 0 saturated heterocycles. The van der Waals surface area contributed by atoms with Crippen molar-refractivity contribution in [1.82, 2.24) is 12.7 Å². The van der Waals surface area contributed by atoms with Crippen LogP contribution in [0, 0.1) is 0 Å². The summed E-state index contributed by atoms with van der Waals surface area (Å²) in [6.07, 6.45) is 4.64. The van der Waals surface area contributed by atoms with E-state index in [9.17, 15) is 4.79 Å². The van der Waals surface area contributed by atoms with Gasteiger partial charge in [0.15, 0.2) is 0 Å². The minimum Gasteiger partial charge on any atom is -0.268 e. The highest BCUT2D eigenvalue weighted by molar-refractivity contribution is 14.1. The quantitative estimate of drug-likeness (QED) is 0.672. The summed E-state index contributed by atoms with van der Waals surface area (Å²) in [4.78, 5) is 19.3. The largest absolute Gasteiger partial charge is 0.270 e. The highest BCUT2D eigenvalue weighted by atomic mass is 127. The van der Waals surface area contributed by atoms with Crippen molar-refractivity contribution in [2.24, 2.45) is 0 Å². The Morgan fingerprint density at radius 2 is 2.33 bits per heavy atom. The summed E-state index contributed by atoms with van der Waals surface area (Å²) in [6.45, 7) is 0. The standard InChI is InChI=1S/C7H4IN3O/c8-11-4-10-6-3-9-2-1-5(6)7(11)12/h1-4H.